The molecule has 7 N–H and O–H groups in total. The second-order valence-corrected chi connectivity index (χ2v) is 7.47. The van der Waals surface area contributed by atoms with E-state index in [2.05, 4.69) is 32.0 Å². The summed E-state index contributed by atoms with van der Waals surface area (Å²) < 4.78 is 5.80. The Morgan fingerprint density at radius 1 is 0.850 bits per heavy atom. The van der Waals surface area contributed by atoms with Crippen molar-refractivity contribution in [3.8, 4) is 46.1 Å². The van der Waals surface area contributed by atoms with Crippen molar-refractivity contribution in [1.82, 2.24) is 31.2 Å². The van der Waals surface area contributed by atoms with Crippen molar-refractivity contribution in [3.05, 3.63) is 72.1 Å². The zero-order valence-corrected chi connectivity index (χ0v) is 21.6. The highest BCUT2D eigenvalue weighted by Gasteiger charge is 2.16. The maximum absolute atomic E-state index is 12.3. The molecule has 2 heterocycles. The minimum Gasteiger partial charge on any atom is -0.450 e. The number of amides is 1. The van der Waals surface area contributed by atoms with Gasteiger partial charge in [-0.1, -0.05) is 30.2 Å². The van der Waals surface area contributed by atoms with E-state index >= 15 is 0 Å². The SMILES string of the molecule is CC#Cc1cc(C(=O)N(C)C)ccc1-c1cncc(-c2nnc(-c3ccccc3)o2)n1.N.O=C(O)O.O=C(O)O. The molecule has 14 nitrogen and oxygen atoms in total. The highest BCUT2D eigenvalue weighted by Crippen LogP contribution is 2.26. The van der Waals surface area contributed by atoms with E-state index in [-0.39, 0.29) is 17.9 Å². The molecule has 4 rings (SSSR count). The Hall–Kier alpha value is -5.81. The zero-order chi connectivity index (χ0) is 28.9. The van der Waals surface area contributed by atoms with Gasteiger partial charge in [-0.2, -0.15) is 0 Å². The number of nitrogens with zero attached hydrogens (tertiary/aromatic N) is 5. The molecule has 0 fully saturated rings. The third-order valence-corrected chi connectivity index (χ3v) is 4.51. The molecule has 208 valence electrons. The molecule has 2 aromatic heterocycles. The Morgan fingerprint density at radius 3 is 2.00 bits per heavy atom. The average molecular weight is 551 g/mol. The van der Waals surface area contributed by atoms with Crippen molar-refractivity contribution in [3.63, 3.8) is 0 Å². The van der Waals surface area contributed by atoms with Crippen LogP contribution in [-0.2, 0) is 0 Å². The lowest BCUT2D eigenvalue weighted by molar-refractivity contribution is 0.0827. The summed E-state index contributed by atoms with van der Waals surface area (Å²) in [6, 6.07) is 14.9. The largest absolute Gasteiger partial charge is 0.503 e. The van der Waals surface area contributed by atoms with Crippen LogP contribution in [0.1, 0.15) is 22.8 Å². The quantitative estimate of drug-likeness (QED) is 0.220. The Labute approximate surface area is 228 Å². The highest BCUT2D eigenvalue weighted by molar-refractivity contribution is 5.95. The van der Waals surface area contributed by atoms with Crippen LogP contribution in [-0.4, -0.2) is 77.8 Å². The third-order valence-electron chi connectivity index (χ3n) is 4.51. The van der Waals surface area contributed by atoms with Crippen LogP contribution in [0.3, 0.4) is 0 Å². The van der Waals surface area contributed by atoms with Gasteiger partial charge in [0.25, 0.3) is 11.8 Å². The standard InChI is InChI=1S/C24H19N5O2.2CH2O3.H3N/c1-4-8-17-13-18(24(30)29(2)3)11-12-19(17)20-14-25-15-21(26-20)23-28-27-22(31-23)16-9-6-5-7-10-16;2*2-1(3)4;/h5-7,9-15H,1-3H3;2*(H2,2,3,4);1H3. The first kappa shape index (κ1) is 32.2. The lowest BCUT2D eigenvalue weighted by atomic mass is 10.0. The number of aromatic nitrogens is 4. The molecule has 4 aromatic rings. The molecule has 0 bridgehead atoms. The van der Waals surface area contributed by atoms with E-state index in [4.69, 9.17) is 34.4 Å². The van der Waals surface area contributed by atoms with Crippen LogP contribution in [0, 0.1) is 11.8 Å². The van der Waals surface area contributed by atoms with Crippen molar-refractivity contribution < 1.29 is 39.2 Å². The van der Waals surface area contributed by atoms with Crippen LogP contribution >= 0.6 is 0 Å². The van der Waals surface area contributed by atoms with E-state index in [9.17, 15) is 4.79 Å². The van der Waals surface area contributed by atoms with E-state index in [0.29, 0.717) is 28.4 Å². The number of hydrogen-bond acceptors (Lipinski definition) is 9. The van der Waals surface area contributed by atoms with Gasteiger partial charge in [0.05, 0.1) is 18.1 Å². The first-order valence-corrected chi connectivity index (χ1v) is 10.9. The molecule has 0 unspecified atom stereocenters. The molecule has 40 heavy (non-hydrogen) atoms. The number of carbonyl (C=O) groups is 3. The predicted molar refractivity (Wildman–Crippen MR) is 143 cm³/mol. The molecule has 14 heteroatoms. The minimum absolute atomic E-state index is 0. The highest BCUT2D eigenvalue weighted by atomic mass is 16.6. The zero-order valence-electron chi connectivity index (χ0n) is 21.6. The van der Waals surface area contributed by atoms with E-state index in [1.165, 1.54) is 4.90 Å². The first-order chi connectivity index (χ1) is 18.5. The van der Waals surface area contributed by atoms with Gasteiger partial charge in [0, 0.05) is 36.3 Å². The third kappa shape index (κ3) is 9.57. The number of hydrogen-bond donors (Lipinski definition) is 5. The maximum atomic E-state index is 12.3. The van der Waals surface area contributed by atoms with Gasteiger partial charge in [-0.25, -0.2) is 14.6 Å². The minimum atomic E-state index is -1.83. The van der Waals surface area contributed by atoms with Crippen LogP contribution in [0.4, 0.5) is 9.59 Å². The molecular weight excluding hydrogens is 524 g/mol. The van der Waals surface area contributed by atoms with E-state index in [0.717, 1.165) is 11.1 Å². The summed E-state index contributed by atoms with van der Waals surface area (Å²) >= 11 is 0. The summed E-state index contributed by atoms with van der Waals surface area (Å²) in [7, 11) is 3.43. The van der Waals surface area contributed by atoms with E-state index in [1.807, 2.05) is 36.4 Å². The molecule has 0 saturated heterocycles. The van der Waals surface area contributed by atoms with Crippen molar-refractivity contribution in [2.24, 2.45) is 0 Å². The molecule has 0 spiro atoms. The number of carboxylic acid groups (broad SMARTS) is 4. The van der Waals surface area contributed by atoms with Crippen LogP contribution in [0.2, 0.25) is 0 Å². The Bertz CT molecular complexity index is 1490. The van der Waals surface area contributed by atoms with Gasteiger partial charge >= 0.3 is 12.3 Å². The van der Waals surface area contributed by atoms with Crippen LogP contribution in [0.15, 0.2) is 65.3 Å². The molecule has 0 aliphatic carbocycles. The summed E-state index contributed by atoms with van der Waals surface area (Å²) in [6.07, 6.45) is -0.456. The number of carbonyl (C=O) groups excluding carboxylic acids is 1. The van der Waals surface area contributed by atoms with Gasteiger partial charge in [0.15, 0.2) is 0 Å². The molecule has 0 saturated carbocycles. The second-order valence-electron chi connectivity index (χ2n) is 7.47. The van der Waals surface area contributed by atoms with Crippen molar-refractivity contribution in [1.29, 1.82) is 0 Å². The normalized spacial score (nSPS) is 9.18. The van der Waals surface area contributed by atoms with Crippen LogP contribution < -0.4 is 6.15 Å². The van der Waals surface area contributed by atoms with Gasteiger partial charge < -0.3 is 35.9 Å². The van der Waals surface area contributed by atoms with Crippen molar-refractivity contribution in [2.45, 2.75) is 6.92 Å². The van der Waals surface area contributed by atoms with Crippen molar-refractivity contribution >= 4 is 18.2 Å². The lowest BCUT2D eigenvalue weighted by Gasteiger charge is -2.12. The molecule has 0 aliphatic heterocycles. The average Bonchev–Trinajstić information content (AvgIpc) is 3.39. The van der Waals surface area contributed by atoms with Crippen molar-refractivity contribution in [2.75, 3.05) is 14.1 Å². The first-order valence-electron chi connectivity index (χ1n) is 10.9. The molecule has 0 radical (unpaired) electrons. The van der Waals surface area contributed by atoms with Gasteiger partial charge in [-0.05, 0) is 31.2 Å². The molecule has 0 aliphatic rings. The lowest BCUT2D eigenvalue weighted by Crippen LogP contribution is -2.21. The maximum Gasteiger partial charge on any atom is 0.503 e. The molecule has 0 atom stereocenters. The Balaban J connectivity index is 0.000000789. The molecular formula is C26H26N6O8. The predicted octanol–water partition coefficient (Wildman–Crippen LogP) is 4.54. The number of rotatable bonds is 4. The summed E-state index contributed by atoms with van der Waals surface area (Å²) in [5.74, 6) is 6.54. The van der Waals surface area contributed by atoms with E-state index < -0.39 is 12.3 Å². The summed E-state index contributed by atoms with van der Waals surface area (Å²) in [6.45, 7) is 1.75. The number of benzene rings is 2. The Morgan fingerprint density at radius 2 is 1.43 bits per heavy atom. The Kier molecular flexibility index (Phi) is 12.4. The van der Waals surface area contributed by atoms with Gasteiger partial charge in [0.2, 0.25) is 5.89 Å². The van der Waals surface area contributed by atoms with Crippen LogP contribution in [0.5, 0.6) is 0 Å². The second kappa shape index (κ2) is 15.4. The van der Waals surface area contributed by atoms with Gasteiger partial charge in [-0.15, -0.1) is 16.1 Å². The fraction of sp³-hybridized carbons (Fsp3) is 0.115. The molecule has 1 amide bonds. The summed E-state index contributed by atoms with van der Waals surface area (Å²) in [5.41, 5.74) is 3.89. The summed E-state index contributed by atoms with van der Waals surface area (Å²) in [5, 5.41) is 36.1. The van der Waals surface area contributed by atoms with Gasteiger partial charge in [0.1, 0.15) is 5.69 Å². The van der Waals surface area contributed by atoms with Crippen LogP contribution in [0.25, 0.3) is 34.3 Å². The smallest absolute Gasteiger partial charge is 0.450 e. The fourth-order valence-electron chi connectivity index (χ4n) is 3.02. The monoisotopic (exact) mass is 550 g/mol. The summed E-state index contributed by atoms with van der Waals surface area (Å²) in [4.78, 5) is 39.9. The van der Waals surface area contributed by atoms with Gasteiger partial charge in [-0.3, -0.25) is 9.78 Å². The van der Waals surface area contributed by atoms with E-state index in [1.54, 1.807) is 45.5 Å². The molecule has 2 aromatic carbocycles. The fourth-order valence-corrected chi connectivity index (χ4v) is 3.02. The topological polar surface area (TPSA) is 235 Å².